The Labute approximate surface area is 287 Å². The van der Waals surface area contributed by atoms with Gasteiger partial charge in [-0.25, -0.2) is 0 Å². The van der Waals surface area contributed by atoms with E-state index in [-0.39, 0.29) is 11.3 Å². The second kappa shape index (κ2) is 11.8. The number of alkyl halides is 3. The van der Waals surface area contributed by atoms with E-state index in [2.05, 4.69) is 29.2 Å². The summed E-state index contributed by atoms with van der Waals surface area (Å²) in [4.78, 5) is 2.28. The number of halogens is 3. The number of anilines is 1. The van der Waals surface area contributed by atoms with Crippen LogP contribution in [0.2, 0.25) is 0 Å². The molecule has 3 nitrogen and oxygen atoms in total. The molecule has 1 fully saturated rings. The van der Waals surface area contributed by atoms with E-state index in [1.165, 1.54) is 6.07 Å². The molecule has 0 amide bonds. The first kappa shape index (κ1) is 30.5. The second-order valence-corrected chi connectivity index (χ2v) is 12.9. The normalized spacial score (nSPS) is 17.6. The van der Waals surface area contributed by atoms with Crippen molar-refractivity contribution in [3.8, 4) is 16.9 Å². The highest BCUT2D eigenvalue weighted by Crippen LogP contribution is 2.52. The van der Waals surface area contributed by atoms with Crippen molar-refractivity contribution in [3.63, 3.8) is 0 Å². The predicted octanol–water partition coefficient (Wildman–Crippen LogP) is 11.0. The van der Waals surface area contributed by atoms with Crippen LogP contribution < -0.4 is 9.64 Å². The van der Waals surface area contributed by atoms with Crippen LogP contribution in [0.15, 0.2) is 140 Å². The number of hydrogen-bond donors (Lipinski definition) is 0. The summed E-state index contributed by atoms with van der Waals surface area (Å²) in [5.41, 5.74) is 2.92. The summed E-state index contributed by atoms with van der Waals surface area (Å²) < 4.78 is 57.7. The molecule has 2 aliphatic rings. The van der Waals surface area contributed by atoms with Crippen LogP contribution >= 0.6 is 0 Å². The van der Waals surface area contributed by atoms with Gasteiger partial charge in [-0.3, -0.25) is 0 Å². The summed E-state index contributed by atoms with van der Waals surface area (Å²) in [5, 5.41) is 4.64. The van der Waals surface area contributed by atoms with Crippen LogP contribution in [0.25, 0.3) is 49.5 Å². The quantitative estimate of drug-likeness (QED) is 0.175. The zero-order valence-corrected chi connectivity index (χ0v) is 27.1. The Morgan fingerprint density at radius 1 is 0.580 bits per heavy atom. The van der Waals surface area contributed by atoms with Crippen molar-refractivity contribution in [2.45, 2.75) is 11.8 Å². The number of rotatable bonds is 4. The van der Waals surface area contributed by atoms with Crippen molar-refractivity contribution in [1.82, 2.24) is 0 Å². The third-order valence-electron chi connectivity index (χ3n) is 10.2. The van der Waals surface area contributed by atoms with Crippen molar-refractivity contribution < 1.29 is 22.6 Å². The van der Waals surface area contributed by atoms with E-state index >= 15 is 0 Å². The molecule has 6 heteroatoms. The van der Waals surface area contributed by atoms with Gasteiger partial charge in [-0.1, -0.05) is 115 Å². The lowest BCUT2D eigenvalue weighted by atomic mass is 9.81. The Morgan fingerprint density at radius 3 is 1.76 bits per heavy atom. The van der Waals surface area contributed by atoms with Gasteiger partial charge >= 0.3 is 6.18 Å². The fraction of sp³-hybridized carbons (Fsp3) is 0.136. The Bertz CT molecular complexity index is 2410. The van der Waals surface area contributed by atoms with E-state index in [4.69, 9.17) is 9.47 Å². The van der Waals surface area contributed by atoms with E-state index in [9.17, 15) is 13.2 Å². The molecule has 50 heavy (non-hydrogen) atoms. The highest BCUT2D eigenvalue weighted by atomic mass is 19.4. The largest absolute Gasteiger partial charge is 0.472 e. The maximum Gasteiger partial charge on any atom is 0.417 e. The Morgan fingerprint density at radius 2 is 1.12 bits per heavy atom. The van der Waals surface area contributed by atoms with Crippen LogP contribution in [0.3, 0.4) is 0 Å². The molecule has 9 rings (SSSR count). The molecule has 2 aliphatic heterocycles. The molecule has 1 unspecified atom stereocenters. The molecule has 0 aromatic heterocycles. The monoisotopic (exact) mass is 663 g/mol. The molecule has 1 atom stereocenters. The molecule has 7 aromatic rings. The van der Waals surface area contributed by atoms with Gasteiger partial charge in [-0.05, 0) is 68.4 Å². The second-order valence-electron chi connectivity index (χ2n) is 12.9. The smallest absolute Gasteiger partial charge is 0.417 e. The number of fused-ring (bicyclic) bond motifs is 8. The van der Waals surface area contributed by atoms with Crippen molar-refractivity contribution in [2.24, 2.45) is 0 Å². The molecule has 246 valence electrons. The van der Waals surface area contributed by atoms with Crippen molar-refractivity contribution in [1.29, 1.82) is 0 Å². The summed E-state index contributed by atoms with van der Waals surface area (Å²) in [6, 6.07) is 43.3. The summed E-state index contributed by atoms with van der Waals surface area (Å²) in [5.74, 6) is 0.226. The molecular formula is C44H32F3NO2. The van der Waals surface area contributed by atoms with Gasteiger partial charge < -0.3 is 14.4 Å². The Balaban J connectivity index is 1.30. The third-order valence-corrected chi connectivity index (χ3v) is 10.2. The van der Waals surface area contributed by atoms with Crippen LogP contribution in [0.1, 0.15) is 22.3 Å². The number of nitrogens with zero attached hydrogens (tertiary/aromatic N) is 1. The number of benzene rings is 7. The first-order valence-corrected chi connectivity index (χ1v) is 16.9. The van der Waals surface area contributed by atoms with Gasteiger partial charge in [0.1, 0.15) is 5.75 Å². The van der Waals surface area contributed by atoms with Crippen molar-refractivity contribution >= 4 is 44.1 Å². The van der Waals surface area contributed by atoms with E-state index in [0.717, 1.165) is 62.6 Å². The maximum atomic E-state index is 15.0. The van der Waals surface area contributed by atoms with E-state index < -0.39 is 17.3 Å². The minimum absolute atomic E-state index is 0.0342. The number of morpholine rings is 1. The van der Waals surface area contributed by atoms with Gasteiger partial charge in [0.25, 0.3) is 0 Å². The van der Waals surface area contributed by atoms with Crippen LogP contribution in [-0.4, -0.2) is 26.3 Å². The first-order valence-electron chi connectivity index (χ1n) is 16.9. The molecule has 0 N–H and O–H groups in total. The zero-order valence-electron chi connectivity index (χ0n) is 27.1. The fourth-order valence-corrected chi connectivity index (χ4v) is 7.70. The van der Waals surface area contributed by atoms with E-state index in [0.29, 0.717) is 24.0 Å². The minimum Gasteiger partial charge on any atom is -0.472 e. The Kier molecular flexibility index (Phi) is 7.18. The summed E-state index contributed by atoms with van der Waals surface area (Å²) in [6.07, 6.45) is -1.19. The SMILES string of the molecule is FC(F)(F)c1cc2c3ccccc3c3ccccc3c2c2c1C=CC(c1ccc(-c3ccccc3)cc1)(c1ccc(N3CCOCC3)cc1)O2. The lowest BCUT2D eigenvalue weighted by Crippen LogP contribution is -2.37. The van der Waals surface area contributed by atoms with Gasteiger partial charge in [0, 0.05) is 40.9 Å². The van der Waals surface area contributed by atoms with Crippen LogP contribution in [0.4, 0.5) is 18.9 Å². The van der Waals surface area contributed by atoms with Crippen LogP contribution in [0.5, 0.6) is 5.75 Å². The van der Waals surface area contributed by atoms with Gasteiger partial charge in [-0.15, -0.1) is 0 Å². The summed E-state index contributed by atoms with van der Waals surface area (Å²) >= 11 is 0. The van der Waals surface area contributed by atoms with E-state index in [1.54, 1.807) is 12.2 Å². The molecule has 0 aliphatic carbocycles. The number of hydrogen-bond acceptors (Lipinski definition) is 3. The molecular weight excluding hydrogens is 631 g/mol. The van der Waals surface area contributed by atoms with Gasteiger partial charge in [-0.2, -0.15) is 13.2 Å². The lowest BCUT2D eigenvalue weighted by molar-refractivity contribution is -0.137. The van der Waals surface area contributed by atoms with Crippen LogP contribution in [0, 0.1) is 0 Å². The van der Waals surface area contributed by atoms with Crippen molar-refractivity contribution in [2.75, 3.05) is 31.2 Å². The Hall–Kier alpha value is -5.59. The topological polar surface area (TPSA) is 21.7 Å². The van der Waals surface area contributed by atoms with Gasteiger partial charge in [0.15, 0.2) is 5.60 Å². The zero-order chi connectivity index (χ0) is 33.9. The maximum absolute atomic E-state index is 15.0. The first-order chi connectivity index (χ1) is 24.4. The van der Waals surface area contributed by atoms with Gasteiger partial charge in [0.2, 0.25) is 0 Å². The van der Waals surface area contributed by atoms with Gasteiger partial charge in [0.05, 0.1) is 18.8 Å². The molecule has 2 heterocycles. The molecule has 0 bridgehead atoms. The molecule has 0 radical (unpaired) electrons. The lowest BCUT2D eigenvalue weighted by Gasteiger charge is -2.38. The number of ether oxygens (including phenoxy) is 2. The van der Waals surface area contributed by atoms with E-state index in [1.807, 2.05) is 103 Å². The third kappa shape index (κ3) is 4.93. The molecule has 7 aromatic carbocycles. The highest BCUT2D eigenvalue weighted by Gasteiger charge is 2.42. The summed E-state index contributed by atoms with van der Waals surface area (Å²) in [6.45, 7) is 2.92. The standard InChI is InChI=1S/C44H32F3NO2/c45-44(46,47)40-28-39-36-12-5-4-10-34(36)35-11-6-7-13-37(35)41(39)42-38(40)22-23-43(50-42,31-16-14-30(15-17-31)29-8-2-1-3-9-29)32-18-20-33(21-19-32)48-24-26-49-27-25-48/h1-23,28H,24-27H2. The van der Waals surface area contributed by atoms with Crippen LogP contribution in [-0.2, 0) is 16.5 Å². The average Bonchev–Trinajstić information content (AvgIpc) is 3.17. The highest BCUT2D eigenvalue weighted by molar-refractivity contribution is 6.27. The minimum atomic E-state index is -4.60. The predicted molar refractivity (Wildman–Crippen MR) is 196 cm³/mol. The average molecular weight is 664 g/mol. The molecule has 0 saturated carbocycles. The summed E-state index contributed by atoms with van der Waals surface area (Å²) in [7, 11) is 0. The molecule has 0 spiro atoms. The molecule has 1 saturated heterocycles. The fourth-order valence-electron chi connectivity index (χ4n) is 7.70. The van der Waals surface area contributed by atoms with Crippen molar-refractivity contribution in [3.05, 3.63) is 162 Å².